The number of carbonyl (C=O) groups excluding carboxylic acids is 1. The van der Waals surface area contributed by atoms with Gasteiger partial charge in [-0.3, -0.25) is 24.0 Å². The molecule has 1 aliphatic rings. The predicted octanol–water partition coefficient (Wildman–Crippen LogP) is 2.44. The fraction of sp³-hybridized carbons (Fsp3) is 0.375. The van der Waals surface area contributed by atoms with Crippen LogP contribution in [0.15, 0.2) is 52.3 Å². The Morgan fingerprint density at radius 1 is 1.21 bits per heavy atom. The first-order valence-corrected chi connectivity index (χ1v) is 11.4. The third kappa shape index (κ3) is 3.94. The third-order valence-electron chi connectivity index (χ3n) is 6.34. The van der Waals surface area contributed by atoms with E-state index in [0.29, 0.717) is 48.9 Å². The van der Waals surface area contributed by atoms with Crippen molar-refractivity contribution in [2.45, 2.75) is 51.6 Å². The highest BCUT2D eigenvalue weighted by Crippen LogP contribution is 2.32. The standard InChI is InChI=1S/C24H26N6O3/c1-2-16-13-23(32)30-21(26-16)14-19(27-30)20-9-5-12-29(20)22(31)10-6-11-28-15-25-18-8-4-3-7-17(18)24(28)33/h3-4,7-8,13-15,20,27H,2,5-6,9-12H2,1H3/t20-/m0/s1. The van der Waals surface area contributed by atoms with E-state index in [0.717, 1.165) is 24.2 Å². The van der Waals surface area contributed by atoms with Crippen LogP contribution in [-0.4, -0.2) is 41.5 Å². The maximum Gasteiger partial charge on any atom is 0.272 e. The van der Waals surface area contributed by atoms with E-state index < -0.39 is 0 Å². The van der Waals surface area contributed by atoms with Gasteiger partial charge in [0.15, 0.2) is 5.65 Å². The second-order valence-electron chi connectivity index (χ2n) is 8.45. The van der Waals surface area contributed by atoms with Crippen molar-refractivity contribution in [1.82, 2.24) is 29.0 Å². The molecule has 1 amide bonds. The second-order valence-corrected chi connectivity index (χ2v) is 8.45. The summed E-state index contributed by atoms with van der Waals surface area (Å²) in [6.07, 6.45) is 4.87. The van der Waals surface area contributed by atoms with Crippen molar-refractivity contribution in [2.75, 3.05) is 6.54 Å². The average molecular weight is 447 g/mol. The molecule has 1 atom stereocenters. The van der Waals surface area contributed by atoms with Crippen molar-refractivity contribution in [3.63, 3.8) is 0 Å². The number of hydrogen-bond donors (Lipinski definition) is 1. The first-order chi connectivity index (χ1) is 16.0. The summed E-state index contributed by atoms with van der Waals surface area (Å²) in [4.78, 5) is 48.8. The van der Waals surface area contributed by atoms with Crippen LogP contribution in [0, 0.1) is 0 Å². The molecule has 0 spiro atoms. The van der Waals surface area contributed by atoms with Crippen molar-refractivity contribution in [2.24, 2.45) is 0 Å². The normalized spacial score (nSPS) is 16.2. The maximum atomic E-state index is 13.0. The molecule has 4 aromatic rings. The van der Waals surface area contributed by atoms with E-state index in [1.165, 1.54) is 10.6 Å². The number of nitrogens with zero attached hydrogens (tertiary/aromatic N) is 5. The van der Waals surface area contributed by atoms with Crippen LogP contribution in [-0.2, 0) is 17.8 Å². The molecule has 9 heteroatoms. The van der Waals surface area contributed by atoms with Gasteiger partial charge in [0.05, 0.1) is 29.0 Å². The van der Waals surface area contributed by atoms with Gasteiger partial charge in [-0.05, 0) is 37.8 Å². The Morgan fingerprint density at radius 3 is 2.91 bits per heavy atom. The fourth-order valence-corrected chi connectivity index (χ4v) is 4.61. The largest absolute Gasteiger partial charge is 0.334 e. The average Bonchev–Trinajstić information content (AvgIpc) is 3.48. The molecule has 4 heterocycles. The fourth-order valence-electron chi connectivity index (χ4n) is 4.61. The minimum absolute atomic E-state index is 0.0486. The number of nitrogens with one attached hydrogen (secondary N) is 1. The first-order valence-electron chi connectivity index (χ1n) is 11.4. The Bertz CT molecular complexity index is 1450. The van der Waals surface area contributed by atoms with Gasteiger partial charge in [-0.25, -0.2) is 14.5 Å². The number of para-hydroxylation sites is 1. The summed E-state index contributed by atoms with van der Waals surface area (Å²) in [5.41, 5.74) is 2.60. The minimum atomic E-state index is -0.145. The van der Waals surface area contributed by atoms with Gasteiger partial charge in [-0.15, -0.1) is 0 Å². The minimum Gasteiger partial charge on any atom is -0.334 e. The summed E-state index contributed by atoms with van der Waals surface area (Å²) in [7, 11) is 0. The number of benzene rings is 1. The molecule has 1 N–H and O–H groups in total. The molecule has 1 saturated heterocycles. The molecule has 0 radical (unpaired) electrons. The van der Waals surface area contributed by atoms with Gasteiger partial charge >= 0.3 is 0 Å². The van der Waals surface area contributed by atoms with Gasteiger partial charge in [0, 0.05) is 37.3 Å². The lowest BCUT2D eigenvalue weighted by Gasteiger charge is -2.24. The highest BCUT2D eigenvalue weighted by atomic mass is 16.2. The number of aryl methyl sites for hydroxylation is 2. The van der Waals surface area contributed by atoms with Crippen LogP contribution < -0.4 is 11.1 Å². The molecule has 33 heavy (non-hydrogen) atoms. The summed E-state index contributed by atoms with van der Waals surface area (Å²) in [6.45, 7) is 3.08. The van der Waals surface area contributed by atoms with E-state index >= 15 is 0 Å². The zero-order valence-corrected chi connectivity index (χ0v) is 18.5. The number of hydrogen-bond acceptors (Lipinski definition) is 5. The number of carbonyl (C=O) groups is 1. The molecular weight excluding hydrogens is 420 g/mol. The summed E-state index contributed by atoms with van der Waals surface area (Å²) in [5, 5.41) is 3.73. The van der Waals surface area contributed by atoms with Crippen molar-refractivity contribution in [3.05, 3.63) is 74.8 Å². The van der Waals surface area contributed by atoms with Gasteiger partial charge in [-0.2, -0.15) is 0 Å². The second kappa shape index (κ2) is 8.65. The van der Waals surface area contributed by atoms with Crippen LogP contribution in [0.5, 0.6) is 0 Å². The molecular formula is C24H26N6O3. The van der Waals surface area contributed by atoms with Crippen molar-refractivity contribution in [3.8, 4) is 0 Å². The monoisotopic (exact) mass is 446 g/mol. The van der Waals surface area contributed by atoms with Gasteiger partial charge in [0.1, 0.15) is 0 Å². The summed E-state index contributed by atoms with van der Waals surface area (Å²) < 4.78 is 3.01. The Balaban J connectivity index is 1.28. The Morgan fingerprint density at radius 2 is 2.06 bits per heavy atom. The third-order valence-corrected chi connectivity index (χ3v) is 6.34. The molecule has 0 aliphatic carbocycles. The van der Waals surface area contributed by atoms with Crippen LogP contribution in [0.4, 0.5) is 0 Å². The highest BCUT2D eigenvalue weighted by Gasteiger charge is 2.31. The number of aromatic amines is 1. The van der Waals surface area contributed by atoms with E-state index in [9.17, 15) is 14.4 Å². The zero-order valence-electron chi connectivity index (χ0n) is 18.5. The topological polar surface area (TPSA) is 105 Å². The molecule has 170 valence electrons. The van der Waals surface area contributed by atoms with E-state index in [4.69, 9.17) is 0 Å². The lowest BCUT2D eigenvalue weighted by atomic mass is 10.1. The molecule has 1 aliphatic heterocycles. The first kappa shape index (κ1) is 21.1. The van der Waals surface area contributed by atoms with E-state index in [1.807, 2.05) is 36.1 Å². The maximum absolute atomic E-state index is 13.0. The molecule has 9 nitrogen and oxygen atoms in total. The number of rotatable bonds is 6. The van der Waals surface area contributed by atoms with Crippen LogP contribution >= 0.6 is 0 Å². The molecule has 1 fully saturated rings. The van der Waals surface area contributed by atoms with Crippen LogP contribution in [0.25, 0.3) is 16.6 Å². The predicted molar refractivity (Wildman–Crippen MR) is 124 cm³/mol. The number of H-pyrrole nitrogens is 1. The number of aromatic nitrogens is 5. The van der Waals surface area contributed by atoms with Crippen LogP contribution in [0.3, 0.4) is 0 Å². The number of fused-ring (bicyclic) bond motifs is 2. The van der Waals surface area contributed by atoms with E-state index in [-0.39, 0.29) is 23.1 Å². The summed E-state index contributed by atoms with van der Waals surface area (Å²) >= 11 is 0. The highest BCUT2D eigenvalue weighted by molar-refractivity contribution is 5.77. The lowest BCUT2D eigenvalue weighted by Crippen LogP contribution is -2.31. The molecule has 0 unspecified atom stereocenters. The van der Waals surface area contributed by atoms with Gasteiger partial charge < -0.3 is 4.90 Å². The van der Waals surface area contributed by atoms with Crippen molar-refractivity contribution >= 4 is 22.5 Å². The molecule has 1 aromatic carbocycles. The van der Waals surface area contributed by atoms with Crippen molar-refractivity contribution < 1.29 is 4.79 Å². The zero-order chi connectivity index (χ0) is 22.9. The molecule has 3 aromatic heterocycles. The van der Waals surface area contributed by atoms with Crippen molar-refractivity contribution in [1.29, 1.82) is 0 Å². The Kier molecular flexibility index (Phi) is 5.53. The van der Waals surface area contributed by atoms with Gasteiger partial charge in [0.25, 0.3) is 11.1 Å². The Labute approximate surface area is 189 Å². The van der Waals surface area contributed by atoms with Crippen LogP contribution in [0.2, 0.25) is 0 Å². The quantitative estimate of drug-likeness (QED) is 0.490. The lowest BCUT2D eigenvalue weighted by molar-refractivity contribution is -0.132. The van der Waals surface area contributed by atoms with E-state index in [1.54, 1.807) is 17.0 Å². The molecule has 5 rings (SSSR count). The molecule has 0 saturated carbocycles. The SMILES string of the molecule is CCc1cc(=O)n2[nH]c([C@@H]3CCCN3C(=O)CCCn3cnc4ccccc4c3=O)cc2n1. The van der Waals surface area contributed by atoms with Crippen LogP contribution in [0.1, 0.15) is 50.0 Å². The summed E-state index contributed by atoms with van der Waals surface area (Å²) in [6, 6.07) is 10.6. The number of likely N-dealkylation sites (tertiary alicyclic amines) is 1. The number of amides is 1. The van der Waals surface area contributed by atoms with E-state index in [2.05, 4.69) is 15.1 Å². The summed E-state index contributed by atoms with van der Waals surface area (Å²) in [5.74, 6) is 0.0486. The van der Waals surface area contributed by atoms with Gasteiger partial charge in [0.2, 0.25) is 5.91 Å². The van der Waals surface area contributed by atoms with Gasteiger partial charge in [-0.1, -0.05) is 19.1 Å². The molecule has 0 bridgehead atoms. The Hall–Kier alpha value is -3.75. The smallest absolute Gasteiger partial charge is 0.272 e.